The molecule has 0 atom stereocenters. The summed E-state index contributed by atoms with van der Waals surface area (Å²) in [7, 11) is 30.0. The van der Waals surface area contributed by atoms with Crippen LogP contribution in [0.25, 0.3) is 0 Å². The van der Waals surface area contributed by atoms with Crippen molar-refractivity contribution in [1.29, 1.82) is 0 Å². The van der Waals surface area contributed by atoms with Crippen LogP contribution in [0.1, 0.15) is 90.4 Å². The molecule has 0 heterocycles. The maximum Gasteiger partial charge on any atom is 0.336 e. The zero-order valence-electron chi connectivity index (χ0n) is 36.7. The van der Waals surface area contributed by atoms with Crippen molar-refractivity contribution in [2.75, 3.05) is 106 Å². The van der Waals surface area contributed by atoms with Crippen LogP contribution in [0.2, 0.25) is 0 Å². The van der Waals surface area contributed by atoms with Gasteiger partial charge in [0, 0.05) is 0 Å². The molecule has 54 heavy (non-hydrogen) atoms. The molecule has 0 radical (unpaired) electrons. The van der Waals surface area contributed by atoms with Gasteiger partial charge in [-0.3, -0.25) is 19.2 Å². The molecule has 0 fully saturated rings. The number of halogens is 1. The molecule has 0 saturated heterocycles. The fourth-order valence-corrected chi connectivity index (χ4v) is 2.57. The average Bonchev–Trinajstić information content (AvgIpc) is 2.93. The van der Waals surface area contributed by atoms with E-state index in [1.807, 2.05) is 136 Å². The number of carbonyl (C=O) groups is 5. The molecule has 0 aliphatic heterocycles. The Morgan fingerprint density at radius 2 is 0.815 bits per heavy atom. The number of aliphatic hydroxyl groups is 1. The van der Waals surface area contributed by atoms with E-state index in [0.717, 1.165) is 12.8 Å². The summed E-state index contributed by atoms with van der Waals surface area (Å²) in [4.78, 5) is 61.8. The molecule has 0 aromatic carbocycles. The van der Waals surface area contributed by atoms with Crippen LogP contribution in [0.4, 0.5) is 0 Å². The van der Waals surface area contributed by atoms with Crippen LogP contribution in [0.15, 0.2) is 12.3 Å². The van der Waals surface area contributed by atoms with Gasteiger partial charge in [0.05, 0.1) is 31.9 Å². The van der Waals surface area contributed by atoms with Crippen LogP contribution < -0.4 is 0 Å². The minimum absolute atomic E-state index is 0. The summed E-state index contributed by atoms with van der Waals surface area (Å²) in [6.45, 7) is 2.22. The Hall–Kier alpha value is -2.86. The van der Waals surface area contributed by atoms with Crippen molar-refractivity contribution < 1.29 is 54.2 Å². The van der Waals surface area contributed by atoms with E-state index < -0.39 is 48.3 Å². The normalized spacial score (nSPS) is 9.96. The first-order chi connectivity index (χ1) is 24.1. The Morgan fingerprint density at radius 1 is 0.519 bits per heavy atom. The summed E-state index contributed by atoms with van der Waals surface area (Å²) >= 11 is 0. The first-order valence-corrected chi connectivity index (χ1v) is 17.6. The van der Waals surface area contributed by atoms with Gasteiger partial charge in [-0.2, -0.15) is 0 Å². The van der Waals surface area contributed by atoms with Crippen LogP contribution >= 0.6 is 12.4 Å². The van der Waals surface area contributed by atoms with E-state index in [4.69, 9.17) is 30.3 Å². The lowest BCUT2D eigenvalue weighted by atomic mass is 9.96. The molecule has 0 aliphatic carbocycles. The van der Waals surface area contributed by atoms with Gasteiger partial charge in [-0.15, -0.1) is 12.4 Å². The van der Waals surface area contributed by atoms with Gasteiger partial charge in [0.15, 0.2) is 5.60 Å². The first kappa shape index (κ1) is 69.1. The molecule has 5 N–H and O–H groups in total. The molecule has 0 bridgehead atoms. The topological polar surface area (TPSA) is 212 Å². The van der Waals surface area contributed by atoms with Crippen LogP contribution in [-0.4, -0.2) is 191 Å². The molecule has 328 valence electrons. The number of unbranched alkanes of at least 4 members (excludes halogenated alkanes) is 8. The van der Waals surface area contributed by atoms with E-state index in [1.54, 1.807) is 0 Å². The third-order valence-corrected chi connectivity index (χ3v) is 4.35. The van der Waals surface area contributed by atoms with Crippen LogP contribution in [-0.2, 0) is 28.7 Å². The van der Waals surface area contributed by atoms with Gasteiger partial charge in [0.25, 0.3) is 0 Å². The number of carbonyl (C=O) groups excluding carboxylic acids is 1. The highest BCUT2D eigenvalue weighted by atomic mass is 35.5. The van der Waals surface area contributed by atoms with Gasteiger partial charge < -0.3 is 54.8 Å². The number of carboxylic acids is 4. The molecule has 0 aromatic rings. The number of aliphatic carboxylic acids is 4. The van der Waals surface area contributed by atoms with Gasteiger partial charge in [-0.25, -0.2) is 4.79 Å². The third kappa shape index (κ3) is 117. The zero-order valence-corrected chi connectivity index (χ0v) is 37.5. The van der Waals surface area contributed by atoms with E-state index in [-0.39, 0.29) is 25.2 Å². The number of hydrogen-bond donors (Lipinski definition) is 5. The number of carboxylic acid groups (broad SMARTS) is 4. The Morgan fingerprint density at radius 3 is 1.07 bits per heavy atom. The molecule has 17 heteroatoms. The fourth-order valence-electron chi connectivity index (χ4n) is 2.57. The van der Waals surface area contributed by atoms with E-state index in [0.29, 0.717) is 0 Å². The van der Waals surface area contributed by atoms with Gasteiger partial charge in [-0.05, 0) is 125 Å². The molecule has 0 aliphatic rings. The maximum absolute atomic E-state index is 11.1. The molecule has 0 unspecified atom stereocenters. The van der Waals surface area contributed by atoms with Crippen molar-refractivity contribution in [3.8, 4) is 0 Å². The molecular weight excluding hydrogens is 726 g/mol. The molecule has 0 aromatic heterocycles. The monoisotopic (exact) mass is 808 g/mol. The van der Waals surface area contributed by atoms with Crippen LogP contribution in [0.5, 0.6) is 0 Å². The summed E-state index contributed by atoms with van der Waals surface area (Å²) < 4.78 is 4.78. The number of hydrogen-bond acceptors (Lipinski definition) is 12. The largest absolute Gasteiger partial charge is 0.481 e. The molecule has 16 nitrogen and oxygen atoms in total. The highest BCUT2D eigenvalue weighted by Crippen LogP contribution is 2.15. The van der Waals surface area contributed by atoms with Crippen molar-refractivity contribution >= 4 is 42.3 Å². The maximum atomic E-state index is 11.1. The van der Waals surface area contributed by atoms with Crippen molar-refractivity contribution in [2.45, 2.75) is 96.0 Å². The average molecular weight is 809 g/mol. The van der Waals surface area contributed by atoms with E-state index in [1.165, 1.54) is 51.2 Å². The molecular formula is C37H82ClN5O11. The summed E-state index contributed by atoms with van der Waals surface area (Å²) in [5.74, 6) is -6.49. The standard InChI is InChI=1S/C16H28O4.C6H8O7.5C3H9N.ClH/c1-2-3-4-5-6-7-8-9-10-11-14-20-16(19)13-12-15(17)18;7-3(8)1-6(13,5(11)12)2-4(9)10;5*1-4(2)3;/h11,14H,2-10,12-13H2,1H3,(H,17,18);13H,1-2H2,(H,7,8)(H,9,10)(H,11,12);5*1-3H3;1H. The van der Waals surface area contributed by atoms with Gasteiger partial charge in [-0.1, -0.05) is 51.9 Å². The lowest BCUT2D eigenvalue weighted by Gasteiger charge is -2.18. The SMILES string of the molecule is CCCCCCCCCCC=COC(=O)CCC(=O)O.CN(C)C.CN(C)C.CN(C)C.CN(C)C.CN(C)C.Cl.O=C(O)CC(O)(CC(=O)O)C(=O)O. The number of rotatable bonds is 18. The third-order valence-electron chi connectivity index (χ3n) is 4.35. The first-order valence-electron chi connectivity index (χ1n) is 17.6. The Labute approximate surface area is 334 Å². The predicted octanol–water partition coefficient (Wildman–Crippen LogP) is 4.50. The minimum atomic E-state index is -2.74. The number of allylic oxidation sites excluding steroid dienone is 1. The van der Waals surface area contributed by atoms with Gasteiger partial charge in [0.1, 0.15) is 0 Å². The van der Waals surface area contributed by atoms with Crippen LogP contribution in [0.3, 0.4) is 0 Å². The Bertz CT molecular complexity index is 826. The quantitative estimate of drug-likeness (QED) is 0.0733. The van der Waals surface area contributed by atoms with E-state index in [2.05, 4.69) is 6.92 Å². The van der Waals surface area contributed by atoms with Crippen molar-refractivity contribution in [3.63, 3.8) is 0 Å². The Balaban J connectivity index is -0.0000000883. The van der Waals surface area contributed by atoms with Crippen LogP contribution in [0, 0.1) is 0 Å². The van der Waals surface area contributed by atoms with Crippen molar-refractivity contribution in [2.24, 2.45) is 0 Å². The highest BCUT2D eigenvalue weighted by molar-refractivity contribution is 5.88. The minimum Gasteiger partial charge on any atom is -0.481 e. The summed E-state index contributed by atoms with van der Waals surface area (Å²) in [5, 5.41) is 42.2. The summed E-state index contributed by atoms with van der Waals surface area (Å²) in [6, 6.07) is 0. The predicted molar refractivity (Wildman–Crippen MR) is 222 cm³/mol. The molecule has 0 rings (SSSR count). The zero-order chi connectivity index (χ0) is 43.6. The second-order valence-electron chi connectivity index (χ2n) is 14.2. The van der Waals surface area contributed by atoms with E-state index >= 15 is 0 Å². The lowest BCUT2D eigenvalue weighted by Crippen LogP contribution is -2.42. The van der Waals surface area contributed by atoms with Crippen molar-refractivity contribution in [1.82, 2.24) is 24.5 Å². The van der Waals surface area contributed by atoms with Crippen molar-refractivity contribution in [3.05, 3.63) is 12.3 Å². The fraction of sp³-hybridized carbons (Fsp3) is 0.811. The summed E-state index contributed by atoms with van der Waals surface area (Å²) in [6.07, 6.45) is 11.8. The van der Waals surface area contributed by atoms with E-state index in [9.17, 15) is 24.0 Å². The molecule has 0 amide bonds. The van der Waals surface area contributed by atoms with Gasteiger partial charge >= 0.3 is 29.8 Å². The second-order valence-corrected chi connectivity index (χ2v) is 14.2. The number of esters is 1. The number of ether oxygens (including phenoxy) is 1. The molecule has 0 saturated carbocycles. The smallest absolute Gasteiger partial charge is 0.336 e. The second kappa shape index (κ2) is 50.1. The number of nitrogens with zero attached hydrogens (tertiary/aromatic N) is 5. The molecule has 0 spiro atoms. The summed E-state index contributed by atoms with van der Waals surface area (Å²) in [5.41, 5.74) is -2.74. The van der Waals surface area contributed by atoms with Gasteiger partial charge in [0.2, 0.25) is 0 Å². The highest BCUT2D eigenvalue weighted by Gasteiger charge is 2.40. The Kier molecular flexibility index (Phi) is 64.1. The lowest BCUT2D eigenvalue weighted by molar-refractivity contribution is -0.170.